The summed E-state index contributed by atoms with van der Waals surface area (Å²) in [7, 11) is 0. The number of nitriles is 1. The summed E-state index contributed by atoms with van der Waals surface area (Å²) in [5.41, 5.74) is 0.453. The van der Waals surface area contributed by atoms with Crippen LogP contribution in [0.1, 0.15) is 23.6 Å². The van der Waals surface area contributed by atoms with Crippen molar-refractivity contribution < 1.29 is 19.1 Å². The summed E-state index contributed by atoms with van der Waals surface area (Å²) in [5.74, 6) is 0.766. The first-order chi connectivity index (χ1) is 12.5. The maximum absolute atomic E-state index is 13.0. The number of hydrogen-bond acceptors (Lipinski definition) is 5. The summed E-state index contributed by atoms with van der Waals surface area (Å²) in [6.07, 6.45) is 0. The van der Waals surface area contributed by atoms with Crippen molar-refractivity contribution in [1.82, 2.24) is 10.2 Å². The van der Waals surface area contributed by atoms with E-state index in [0.29, 0.717) is 28.2 Å². The van der Waals surface area contributed by atoms with Crippen LogP contribution < -0.4 is 14.8 Å². The number of ether oxygens (including phenoxy) is 2. The first kappa shape index (κ1) is 16.0. The highest BCUT2D eigenvalue weighted by Gasteiger charge is 2.49. The Morgan fingerprint density at radius 2 is 1.96 bits per heavy atom. The van der Waals surface area contributed by atoms with E-state index in [2.05, 4.69) is 11.4 Å². The lowest BCUT2D eigenvalue weighted by Gasteiger charge is -2.22. The van der Waals surface area contributed by atoms with Crippen LogP contribution in [0.3, 0.4) is 0 Å². The molecule has 2 aliphatic rings. The second-order valence-electron chi connectivity index (χ2n) is 6.28. The third kappa shape index (κ3) is 2.35. The number of nitrogens with one attached hydrogen (secondary N) is 1. The second-order valence-corrected chi connectivity index (χ2v) is 6.28. The number of nitrogens with zero attached hydrogens (tertiary/aromatic N) is 2. The molecule has 2 aromatic carbocycles. The van der Waals surface area contributed by atoms with Gasteiger partial charge in [0, 0.05) is 0 Å². The summed E-state index contributed by atoms with van der Waals surface area (Å²) >= 11 is 0. The highest BCUT2D eigenvalue weighted by atomic mass is 16.7. The number of urea groups is 1. The van der Waals surface area contributed by atoms with Gasteiger partial charge in [0.05, 0.1) is 18.2 Å². The molecule has 130 valence electrons. The highest BCUT2D eigenvalue weighted by Crippen LogP contribution is 2.38. The highest BCUT2D eigenvalue weighted by molar-refractivity contribution is 6.07. The lowest BCUT2D eigenvalue weighted by molar-refractivity contribution is -0.131. The Morgan fingerprint density at radius 1 is 1.19 bits per heavy atom. The normalized spacial score (nSPS) is 20.8. The first-order valence-electron chi connectivity index (χ1n) is 8.05. The van der Waals surface area contributed by atoms with E-state index in [1.807, 2.05) is 0 Å². The van der Waals surface area contributed by atoms with Crippen molar-refractivity contribution in [2.45, 2.75) is 19.0 Å². The minimum Gasteiger partial charge on any atom is -0.454 e. The molecule has 1 N–H and O–H groups in total. The van der Waals surface area contributed by atoms with Gasteiger partial charge in [-0.15, -0.1) is 0 Å². The minimum absolute atomic E-state index is 0.0363. The molecule has 7 heteroatoms. The number of amides is 3. The standard InChI is InChI=1S/C19H15N3O4/c1-19(14-6-7-15-16(8-14)26-11-25-15)17(23)22(18(24)21-19)10-13-5-3-2-4-12(13)9-20/h2-8H,10-11H2,1H3,(H,21,24)/t19-/m1/s1. The van der Waals surface area contributed by atoms with Crippen LogP contribution in [-0.4, -0.2) is 23.6 Å². The molecule has 0 spiro atoms. The zero-order valence-corrected chi connectivity index (χ0v) is 14.0. The van der Waals surface area contributed by atoms with Crippen LogP contribution in [0.15, 0.2) is 42.5 Å². The van der Waals surface area contributed by atoms with Crippen LogP contribution in [0, 0.1) is 11.3 Å². The van der Waals surface area contributed by atoms with Gasteiger partial charge in [-0.25, -0.2) is 4.79 Å². The molecule has 0 aliphatic carbocycles. The van der Waals surface area contributed by atoms with Gasteiger partial charge in [0.25, 0.3) is 5.91 Å². The Bertz CT molecular complexity index is 965. The van der Waals surface area contributed by atoms with Gasteiger partial charge in [-0.1, -0.05) is 24.3 Å². The number of fused-ring (bicyclic) bond motifs is 1. The molecule has 26 heavy (non-hydrogen) atoms. The molecule has 0 unspecified atom stereocenters. The molecule has 0 saturated carbocycles. The number of imide groups is 1. The molecule has 3 amide bonds. The number of hydrogen-bond donors (Lipinski definition) is 1. The zero-order chi connectivity index (χ0) is 18.3. The van der Waals surface area contributed by atoms with Crippen LogP contribution in [-0.2, 0) is 16.9 Å². The van der Waals surface area contributed by atoms with Crippen molar-refractivity contribution in [1.29, 1.82) is 5.26 Å². The van der Waals surface area contributed by atoms with Gasteiger partial charge in [-0.3, -0.25) is 9.69 Å². The van der Waals surface area contributed by atoms with Crippen LogP contribution in [0.2, 0.25) is 0 Å². The van der Waals surface area contributed by atoms with Crippen molar-refractivity contribution in [3.05, 3.63) is 59.2 Å². The van der Waals surface area contributed by atoms with E-state index in [1.165, 1.54) is 0 Å². The van der Waals surface area contributed by atoms with Crippen molar-refractivity contribution in [2.75, 3.05) is 6.79 Å². The third-order valence-electron chi connectivity index (χ3n) is 4.69. The molecule has 2 aliphatic heterocycles. The fourth-order valence-electron chi connectivity index (χ4n) is 3.18. The number of carbonyl (C=O) groups excluding carboxylic acids is 2. The van der Waals surface area contributed by atoms with Crippen LogP contribution in [0.4, 0.5) is 4.79 Å². The summed E-state index contributed by atoms with van der Waals surface area (Å²) in [5, 5.41) is 12.0. The molecule has 1 atom stereocenters. The van der Waals surface area contributed by atoms with Crippen molar-refractivity contribution in [3.63, 3.8) is 0 Å². The Labute approximate surface area is 149 Å². The molecule has 0 aromatic heterocycles. The lowest BCUT2D eigenvalue weighted by atomic mass is 9.91. The summed E-state index contributed by atoms with van der Waals surface area (Å²) in [6, 6.07) is 13.6. The Morgan fingerprint density at radius 3 is 2.77 bits per heavy atom. The SMILES string of the molecule is C[C@]1(c2ccc3c(c2)OCO3)NC(=O)N(Cc2ccccc2C#N)C1=O. The number of benzene rings is 2. The molecule has 0 bridgehead atoms. The topological polar surface area (TPSA) is 91.7 Å². The lowest BCUT2D eigenvalue weighted by Crippen LogP contribution is -2.40. The smallest absolute Gasteiger partial charge is 0.325 e. The molecule has 7 nitrogen and oxygen atoms in total. The van der Waals surface area contributed by atoms with Crippen LogP contribution in [0.5, 0.6) is 11.5 Å². The minimum atomic E-state index is -1.21. The molecular weight excluding hydrogens is 334 g/mol. The molecule has 0 radical (unpaired) electrons. The maximum Gasteiger partial charge on any atom is 0.325 e. The van der Waals surface area contributed by atoms with E-state index >= 15 is 0 Å². The van der Waals surface area contributed by atoms with Gasteiger partial charge in [0.1, 0.15) is 5.54 Å². The second kappa shape index (κ2) is 5.77. The molecular formula is C19H15N3O4. The average Bonchev–Trinajstić information content (AvgIpc) is 3.20. The fraction of sp³-hybridized carbons (Fsp3) is 0.211. The summed E-state index contributed by atoms with van der Waals surface area (Å²) in [6.45, 7) is 1.82. The van der Waals surface area contributed by atoms with E-state index in [1.54, 1.807) is 49.4 Å². The van der Waals surface area contributed by atoms with Gasteiger partial charge in [0.2, 0.25) is 6.79 Å². The van der Waals surface area contributed by atoms with Gasteiger partial charge < -0.3 is 14.8 Å². The third-order valence-corrected chi connectivity index (χ3v) is 4.69. The fourth-order valence-corrected chi connectivity index (χ4v) is 3.18. The predicted octanol–water partition coefficient (Wildman–Crippen LogP) is 2.25. The summed E-state index contributed by atoms with van der Waals surface area (Å²) < 4.78 is 10.6. The Balaban J connectivity index is 1.65. The van der Waals surface area contributed by atoms with Crippen LogP contribution >= 0.6 is 0 Å². The monoisotopic (exact) mass is 349 g/mol. The molecule has 1 fully saturated rings. The molecule has 2 aromatic rings. The molecule has 1 saturated heterocycles. The first-order valence-corrected chi connectivity index (χ1v) is 8.05. The van der Waals surface area contributed by atoms with E-state index < -0.39 is 11.6 Å². The Kier molecular flexibility index (Phi) is 3.55. The zero-order valence-electron chi connectivity index (χ0n) is 14.0. The van der Waals surface area contributed by atoms with E-state index in [0.717, 1.165) is 4.90 Å². The quantitative estimate of drug-likeness (QED) is 0.858. The van der Waals surface area contributed by atoms with Gasteiger partial charge in [-0.2, -0.15) is 5.26 Å². The van der Waals surface area contributed by atoms with Gasteiger partial charge >= 0.3 is 6.03 Å². The van der Waals surface area contributed by atoms with E-state index in [-0.39, 0.29) is 19.2 Å². The maximum atomic E-state index is 13.0. The van der Waals surface area contributed by atoms with Crippen LogP contribution in [0.25, 0.3) is 0 Å². The van der Waals surface area contributed by atoms with E-state index in [4.69, 9.17) is 9.47 Å². The van der Waals surface area contributed by atoms with Gasteiger partial charge in [-0.05, 0) is 36.2 Å². The van der Waals surface area contributed by atoms with Crippen molar-refractivity contribution >= 4 is 11.9 Å². The van der Waals surface area contributed by atoms with Crippen molar-refractivity contribution in [2.24, 2.45) is 0 Å². The average molecular weight is 349 g/mol. The largest absolute Gasteiger partial charge is 0.454 e. The summed E-state index contributed by atoms with van der Waals surface area (Å²) in [4.78, 5) is 26.6. The number of rotatable bonds is 3. The number of carbonyl (C=O) groups is 2. The molecule has 2 heterocycles. The van der Waals surface area contributed by atoms with Crippen molar-refractivity contribution in [3.8, 4) is 17.6 Å². The molecule has 4 rings (SSSR count). The van der Waals surface area contributed by atoms with E-state index in [9.17, 15) is 14.9 Å². The van der Waals surface area contributed by atoms with Gasteiger partial charge in [0.15, 0.2) is 11.5 Å². The predicted molar refractivity (Wildman–Crippen MR) is 90.2 cm³/mol. The Hall–Kier alpha value is -3.53.